The van der Waals surface area contributed by atoms with Gasteiger partial charge in [0, 0.05) is 44.1 Å². The smallest absolute Gasteiger partial charge is 0.254 e. The van der Waals surface area contributed by atoms with Gasteiger partial charge in [-0.15, -0.1) is 0 Å². The molecule has 0 aliphatic carbocycles. The van der Waals surface area contributed by atoms with Crippen molar-refractivity contribution >= 4 is 11.8 Å². The van der Waals surface area contributed by atoms with E-state index in [1.165, 1.54) is 0 Å². The fourth-order valence-corrected chi connectivity index (χ4v) is 3.13. The van der Waals surface area contributed by atoms with Crippen LogP contribution in [0.4, 0.5) is 0 Å². The fourth-order valence-electron chi connectivity index (χ4n) is 3.13. The summed E-state index contributed by atoms with van der Waals surface area (Å²) in [5.74, 6) is 0.472. The highest BCUT2D eigenvalue weighted by Gasteiger charge is 2.31. The van der Waals surface area contributed by atoms with Crippen molar-refractivity contribution in [1.29, 1.82) is 0 Å². The van der Waals surface area contributed by atoms with Crippen LogP contribution in [0.3, 0.4) is 0 Å². The summed E-state index contributed by atoms with van der Waals surface area (Å²) in [4.78, 5) is 26.7. The van der Waals surface area contributed by atoms with E-state index >= 15 is 0 Å². The number of carbonyl (C=O) groups is 2. The number of aromatic nitrogens is 2. The molecular weight excluding hydrogens is 332 g/mol. The molecule has 1 aromatic heterocycles. The SMILES string of the molecule is COc1cccc(C(=O)N2CCC(C(=O)NCCCn3cccn3)C2)c1. The lowest BCUT2D eigenvalue weighted by Gasteiger charge is -2.17. The van der Waals surface area contributed by atoms with Crippen LogP contribution in [0, 0.1) is 5.92 Å². The maximum atomic E-state index is 12.6. The zero-order valence-corrected chi connectivity index (χ0v) is 14.9. The highest BCUT2D eigenvalue weighted by molar-refractivity contribution is 5.95. The number of hydrogen-bond acceptors (Lipinski definition) is 4. The Morgan fingerprint density at radius 2 is 2.23 bits per heavy atom. The van der Waals surface area contributed by atoms with Gasteiger partial charge in [-0.3, -0.25) is 14.3 Å². The zero-order valence-electron chi connectivity index (χ0n) is 14.9. The van der Waals surface area contributed by atoms with Gasteiger partial charge in [-0.1, -0.05) is 6.07 Å². The predicted octanol–water partition coefficient (Wildman–Crippen LogP) is 1.56. The normalized spacial score (nSPS) is 16.5. The molecule has 26 heavy (non-hydrogen) atoms. The summed E-state index contributed by atoms with van der Waals surface area (Å²) in [5.41, 5.74) is 0.588. The minimum absolute atomic E-state index is 0.0198. The number of likely N-dealkylation sites (tertiary alicyclic amines) is 1. The number of rotatable bonds is 7. The Kier molecular flexibility index (Phi) is 5.88. The van der Waals surface area contributed by atoms with Crippen molar-refractivity contribution in [3.63, 3.8) is 0 Å². The Morgan fingerprint density at radius 1 is 1.35 bits per heavy atom. The van der Waals surface area contributed by atoms with Crippen molar-refractivity contribution in [2.24, 2.45) is 5.92 Å². The number of nitrogens with zero attached hydrogens (tertiary/aromatic N) is 3. The Balaban J connectivity index is 1.45. The van der Waals surface area contributed by atoms with Crippen molar-refractivity contribution in [2.75, 3.05) is 26.7 Å². The van der Waals surface area contributed by atoms with E-state index in [9.17, 15) is 9.59 Å². The van der Waals surface area contributed by atoms with E-state index in [1.54, 1.807) is 42.5 Å². The van der Waals surface area contributed by atoms with Crippen molar-refractivity contribution in [3.8, 4) is 5.75 Å². The van der Waals surface area contributed by atoms with Crippen LogP contribution in [0.5, 0.6) is 5.75 Å². The van der Waals surface area contributed by atoms with Crippen LogP contribution >= 0.6 is 0 Å². The number of hydrogen-bond donors (Lipinski definition) is 1. The Morgan fingerprint density at radius 3 is 3.00 bits per heavy atom. The van der Waals surface area contributed by atoms with Gasteiger partial charge in [0.2, 0.25) is 5.91 Å². The van der Waals surface area contributed by atoms with Gasteiger partial charge >= 0.3 is 0 Å². The number of amides is 2. The molecule has 2 aromatic rings. The average Bonchev–Trinajstić information content (AvgIpc) is 3.36. The molecule has 0 spiro atoms. The summed E-state index contributed by atoms with van der Waals surface area (Å²) in [7, 11) is 1.58. The standard InChI is InChI=1S/C19H24N4O3/c1-26-17-6-2-5-15(13-17)19(25)22-12-7-16(14-22)18(24)20-8-3-10-23-11-4-9-21-23/h2,4-6,9,11,13,16H,3,7-8,10,12,14H2,1H3,(H,20,24). The summed E-state index contributed by atoms with van der Waals surface area (Å²) in [6.07, 6.45) is 5.17. The fraction of sp³-hybridized carbons (Fsp3) is 0.421. The lowest BCUT2D eigenvalue weighted by molar-refractivity contribution is -0.124. The van der Waals surface area contributed by atoms with Crippen LogP contribution in [0.1, 0.15) is 23.2 Å². The van der Waals surface area contributed by atoms with Crippen LogP contribution in [-0.4, -0.2) is 53.2 Å². The summed E-state index contributed by atoms with van der Waals surface area (Å²) in [6, 6.07) is 8.98. The molecule has 1 saturated heterocycles. The molecule has 0 radical (unpaired) electrons. The van der Waals surface area contributed by atoms with E-state index in [0.29, 0.717) is 37.4 Å². The van der Waals surface area contributed by atoms with E-state index in [4.69, 9.17) is 4.74 Å². The highest BCUT2D eigenvalue weighted by atomic mass is 16.5. The Bertz CT molecular complexity index is 745. The lowest BCUT2D eigenvalue weighted by atomic mass is 10.1. The van der Waals surface area contributed by atoms with Crippen LogP contribution in [0.15, 0.2) is 42.7 Å². The molecule has 7 heteroatoms. The van der Waals surface area contributed by atoms with Gasteiger partial charge in [0.1, 0.15) is 5.75 Å². The molecule has 1 aromatic carbocycles. The van der Waals surface area contributed by atoms with E-state index in [0.717, 1.165) is 13.0 Å². The first-order chi connectivity index (χ1) is 12.7. The van der Waals surface area contributed by atoms with E-state index in [-0.39, 0.29) is 17.7 Å². The molecule has 1 N–H and O–H groups in total. The van der Waals surface area contributed by atoms with Gasteiger partial charge in [-0.25, -0.2) is 0 Å². The summed E-state index contributed by atoms with van der Waals surface area (Å²) < 4.78 is 7.01. The summed E-state index contributed by atoms with van der Waals surface area (Å²) >= 11 is 0. The Hall–Kier alpha value is -2.83. The largest absolute Gasteiger partial charge is 0.497 e. The van der Waals surface area contributed by atoms with Crippen LogP contribution < -0.4 is 10.1 Å². The number of ether oxygens (including phenoxy) is 1. The maximum Gasteiger partial charge on any atom is 0.254 e. The molecule has 2 amide bonds. The molecule has 7 nitrogen and oxygen atoms in total. The van der Waals surface area contributed by atoms with Gasteiger partial charge in [0.05, 0.1) is 13.0 Å². The number of carbonyl (C=O) groups excluding carboxylic acids is 2. The van der Waals surface area contributed by atoms with E-state index in [2.05, 4.69) is 10.4 Å². The quantitative estimate of drug-likeness (QED) is 0.764. The number of aryl methyl sites for hydroxylation is 1. The molecule has 138 valence electrons. The van der Waals surface area contributed by atoms with Gasteiger partial charge in [-0.05, 0) is 37.1 Å². The number of nitrogens with one attached hydrogen (secondary N) is 1. The first-order valence-corrected chi connectivity index (χ1v) is 8.86. The summed E-state index contributed by atoms with van der Waals surface area (Å²) in [6.45, 7) is 2.44. The third-order valence-corrected chi connectivity index (χ3v) is 4.59. The first kappa shape index (κ1) is 18.0. The van der Waals surface area contributed by atoms with Gasteiger partial charge in [0.25, 0.3) is 5.91 Å². The molecule has 0 bridgehead atoms. The predicted molar refractivity (Wildman–Crippen MR) is 96.9 cm³/mol. The average molecular weight is 356 g/mol. The third kappa shape index (κ3) is 4.41. The van der Waals surface area contributed by atoms with E-state index < -0.39 is 0 Å². The molecule has 1 aliphatic rings. The molecule has 0 saturated carbocycles. The lowest BCUT2D eigenvalue weighted by Crippen LogP contribution is -2.35. The maximum absolute atomic E-state index is 12.6. The molecule has 1 aliphatic heterocycles. The van der Waals surface area contributed by atoms with Crippen molar-refractivity contribution in [3.05, 3.63) is 48.3 Å². The van der Waals surface area contributed by atoms with Crippen molar-refractivity contribution < 1.29 is 14.3 Å². The third-order valence-electron chi connectivity index (χ3n) is 4.59. The number of benzene rings is 1. The van der Waals surface area contributed by atoms with Crippen molar-refractivity contribution in [1.82, 2.24) is 20.0 Å². The second-order valence-electron chi connectivity index (χ2n) is 6.38. The molecule has 3 rings (SSSR count). The monoisotopic (exact) mass is 356 g/mol. The first-order valence-electron chi connectivity index (χ1n) is 8.86. The van der Waals surface area contributed by atoms with Crippen molar-refractivity contribution in [2.45, 2.75) is 19.4 Å². The topological polar surface area (TPSA) is 76.5 Å². The highest BCUT2D eigenvalue weighted by Crippen LogP contribution is 2.21. The number of methoxy groups -OCH3 is 1. The molecule has 1 unspecified atom stereocenters. The molecule has 1 fully saturated rings. The van der Waals surface area contributed by atoms with Gasteiger partial charge in [-0.2, -0.15) is 5.10 Å². The van der Waals surface area contributed by atoms with Crippen LogP contribution in [0.2, 0.25) is 0 Å². The van der Waals surface area contributed by atoms with Gasteiger partial charge in [0.15, 0.2) is 0 Å². The molecular formula is C19H24N4O3. The molecule has 2 heterocycles. The second-order valence-corrected chi connectivity index (χ2v) is 6.38. The Labute approximate surface area is 152 Å². The summed E-state index contributed by atoms with van der Waals surface area (Å²) in [5, 5.41) is 7.10. The van der Waals surface area contributed by atoms with Crippen LogP contribution in [0.25, 0.3) is 0 Å². The molecule has 1 atom stereocenters. The minimum atomic E-state index is -0.144. The minimum Gasteiger partial charge on any atom is -0.497 e. The second kappa shape index (κ2) is 8.51. The van der Waals surface area contributed by atoms with Crippen LogP contribution in [-0.2, 0) is 11.3 Å². The zero-order chi connectivity index (χ0) is 18.4. The van der Waals surface area contributed by atoms with Gasteiger partial charge < -0.3 is 15.0 Å². The van der Waals surface area contributed by atoms with E-state index in [1.807, 2.05) is 16.9 Å².